The summed E-state index contributed by atoms with van der Waals surface area (Å²) < 4.78 is 12.5. The summed E-state index contributed by atoms with van der Waals surface area (Å²) in [5, 5.41) is 7.02. The Balaban J connectivity index is 1.52. The lowest BCUT2D eigenvalue weighted by Crippen LogP contribution is -2.49. The van der Waals surface area contributed by atoms with Crippen molar-refractivity contribution in [2.75, 3.05) is 33.4 Å². The van der Waals surface area contributed by atoms with Crippen LogP contribution in [0.15, 0.2) is 18.3 Å². The molecule has 31 heavy (non-hydrogen) atoms. The van der Waals surface area contributed by atoms with Gasteiger partial charge in [-0.05, 0) is 43.9 Å². The van der Waals surface area contributed by atoms with Gasteiger partial charge in [0, 0.05) is 56.0 Å². The van der Waals surface area contributed by atoms with Gasteiger partial charge in [-0.2, -0.15) is 0 Å². The van der Waals surface area contributed by atoms with Crippen molar-refractivity contribution >= 4 is 23.0 Å². The molecule has 1 saturated heterocycles. The van der Waals surface area contributed by atoms with Gasteiger partial charge < -0.3 is 29.6 Å². The Labute approximate surface area is 182 Å². The Morgan fingerprint density at radius 3 is 2.94 bits per heavy atom. The van der Waals surface area contributed by atoms with Crippen molar-refractivity contribution in [2.45, 2.75) is 51.4 Å². The van der Waals surface area contributed by atoms with Crippen molar-refractivity contribution in [3.05, 3.63) is 29.6 Å². The van der Waals surface area contributed by atoms with Crippen molar-refractivity contribution in [3.63, 3.8) is 0 Å². The summed E-state index contributed by atoms with van der Waals surface area (Å²) in [6.45, 7) is 5.68. The Morgan fingerprint density at radius 1 is 1.39 bits per heavy atom. The number of carbonyl (C=O) groups excluding carboxylic acids is 2. The summed E-state index contributed by atoms with van der Waals surface area (Å²) in [7, 11) is 1.36. The van der Waals surface area contributed by atoms with Gasteiger partial charge in [-0.15, -0.1) is 0 Å². The average Bonchev–Trinajstić information content (AvgIpc) is 3.58. The first-order valence-corrected chi connectivity index (χ1v) is 11.0. The van der Waals surface area contributed by atoms with Crippen LogP contribution in [0.2, 0.25) is 0 Å². The zero-order valence-corrected chi connectivity index (χ0v) is 18.2. The summed E-state index contributed by atoms with van der Waals surface area (Å²) in [6, 6.07) is 4.38. The quantitative estimate of drug-likeness (QED) is 0.619. The zero-order valence-electron chi connectivity index (χ0n) is 18.2. The van der Waals surface area contributed by atoms with Crippen LogP contribution in [0.25, 0.3) is 11.0 Å². The number of alkyl carbamates (subject to hydrolysis) is 1. The number of nitrogens with zero attached hydrogens (tertiary/aromatic N) is 3. The fraction of sp³-hybridized carbons (Fsp3) is 0.591. The van der Waals surface area contributed by atoms with E-state index in [4.69, 9.17) is 9.72 Å². The molecule has 3 heterocycles. The average molecular weight is 430 g/mol. The molecule has 2 N–H and O–H groups in total. The van der Waals surface area contributed by atoms with Crippen LogP contribution in [0.1, 0.15) is 30.5 Å². The van der Waals surface area contributed by atoms with Gasteiger partial charge in [0.15, 0.2) is 0 Å². The van der Waals surface area contributed by atoms with Gasteiger partial charge in [0.2, 0.25) is 0 Å². The third kappa shape index (κ3) is 5.16. The first kappa shape index (κ1) is 21.6. The normalized spacial score (nSPS) is 18.7. The maximum absolute atomic E-state index is 13.2. The monoisotopic (exact) mass is 429 g/mol. The molecule has 2 aliphatic rings. The van der Waals surface area contributed by atoms with Crippen molar-refractivity contribution in [2.24, 2.45) is 0 Å². The van der Waals surface area contributed by atoms with Gasteiger partial charge in [-0.1, -0.05) is 0 Å². The van der Waals surface area contributed by atoms with Crippen LogP contribution in [0.4, 0.5) is 4.79 Å². The molecular formula is C22H31N5O4. The van der Waals surface area contributed by atoms with Crippen LogP contribution in [-0.2, 0) is 27.4 Å². The van der Waals surface area contributed by atoms with Crippen molar-refractivity contribution in [3.8, 4) is 0 Å². The van der Waals surface area contributed by atoms with Crippen molar-refractivity contribution in [1.29, 1.82) is 0 Å². The van der Waals surface area contributed by atoms with Gasteiger partial charge in [-0.25, -0.2) is 9.78 Å². The largest absolute Gasteiger partial charge is 0.453 e. The number of hydrogen-bond donors (Lipinski definition) is 2. The van der Waals surface area contributed by atoms with Crippen molar-refractivity contribution in [1.82, 2.24) is 25.1 Å². The Morgan fingerprint density at radius 2 is 2.23 bits per heavy atom. The minimum Gasteiger partial charge on any atom is -0.453 e. The minimum absolute atomic E-state index is 0.0675. The molecule has 9 nitrogen and oxygen atoms in total. The van der Waals surface area contributed by atoms with Crippen LogP contribution in [0.5, 0.6) is 0 Å². The summed E-state index contributed by atoms with van der Waals surface area (Å²) in [5.74, 6) is 0.0675. The Hall–Kier alpha value is -2.65. The van der Waals surface area contributed by atoms with Gasteiger partial charge in [-0.3, -0.25) is 4.79 Å². The molecule has 0 aromatic carbocycles. The molecule has 1 aliphatic heterocycles. The van der Waals surface area contributed by atoms with Crippen molar-refractivity contribution < 1.29 is 19.1 Å². The van der Waals surface area contributed by atoms with Crippen LogP contribution in [-0.4, -0.2) is 71.9 Å². The molecule has 4 rings (SSSR count). The molecule has 0 spiro atoms. The number of hydrogen-bond acceptors (Lipinski definition) is 6. The van der Waals surface area contributed by atoms with Crippen LogP contribution >= 0.6 is 0 Å². The number of morpholine rings is 1. The number of carbonyl (C=O) groups is 2. The molecule has 9 heteroatoms. The lowest BCUT2D eigenvalue weighted by Gasteiger charge is -2.30. The Kier molecular flexibility index (Phi) is 6.72. The standard InChI is InChI=1S/C22H31N5O4/c1-15-4-7-18-16(13-26(20(18)25-15)10-3-8-24-22(29)30-2)14-27(17-5-6-17)21(28)19-12-23-9-11-31-19/h4,7,13,17,19,23H,3,5-6,8-12,14H2,1-2H3,(H,24,29)/t19-/m1/s1. The van der Waals surface area contributed by atoms with Gasteiger partial charge in [0.1, 0.15) is 11.8 Å². The predicted molar refractivity (Wildman–Crippen MR) is 116 cm³/mol. The van der Waals surface area contributed by atoms with E-state index < -0.39 is 12.2 Å². The number of nitrogens with one attached hydrogen (secondary N) is 2. The first-order valence-electron chi connectivity index (χ1n) is 11.0. The number of aromatic nitrogens is 2. The molecule has 2 amide bonds. The molecule has 2 aromatic heterocycles. The van der Waals surface area contributed by atoms with Crippen LogP contribution in [0, 0.1) is 6.92 Å². The first-order chi connectivity index (χ1) is 15.1. The van der Waals surface area contributed by atoms with Gasteiger partial charge >= 0.3 is 6.09 Å². The van der Waals surface area contributed by atoms with E-state index in [9.17, 15) is 9.59 Å². The van der Waals surface area contributed by atoms with E-state index in [1.807, 2.05) is 17.9 Å². The second-order valence-corrected chi connectivity index (χ2v) is 8.20. The van der Waals surface area contributed by atoms with E-state index >= 15 is 0 Å². The molecule has 0 radical (unpaired) electrons. The number of aryl methyl sites for hydroxylation is 2. The zero-order chi connectivity index (χ0) is 21.8. The van der Waals surface area contributed by atoms with E-state index in [1.165, 1.54) is 7.11 Å². The summed E-state index contributed by atoms with van der Waals surface area (Å²) in [4.78, 5) is 31.2. The smallest absolute Gasteiger partial charge is 0.406 e. The highest BCUT2D eigenvalue weighted by Crippen LogP contribution is 2.31. The number of ether oxygens (including phenoxy) is 2. The highest BCUT2D eigenvalue weighted by Gasteiger charge is 2.37. The minimum atomic E-state index is -0.426. The predicted octanol–water partition coefficient (Wildman–Crippen LogP) is 1.57. The fourth-order valence-electron chi connectivity index (χ4n) is 4.01. The molecule has 168 valence electrons. The molecule has 2 aromatic rings. The summed E-state index contributed by atoms with van der Waals surface area (Å²) in [5.41, 5.74) is 2.95. The summed E-state index contributed by atoms with van der Waals surface area (Å²) >= 11 is 0. The second kappa shape index (κ2) is 9.65. The topological polar surface area (TPSA) is 97.7 Å². The number of methoxy groups -OCH3 is 1. The van der Waals surface area contributed by atoms with Crippen LogP contribution < -0.4 is 10.6 Å². The van der Waals surface area contributed by atoms with E-state index in [2.05, 4.69) is 32.2 Å². The lowest BCUT2D eigenvalue weighted by atomic mass is 10.1. The van der Waals surface area contributed by atoms with E-state index in [0.29, 0.717) is 38.8 Å². The third-order valence-electron chi connectivity index (χ3n) is 5.79. The maximum atomic E-state index is 13.2. The number of amides is 2. The number of pyridine rings is 1. The molecular weight excluding hydrogens is 398 g/mol. The van der Waals surface area contributed by atoms with Crippen LogP contribution in [0.3, 0.4) is 0 Å². The molecule has 0 unspecified atom stereocenters. The van der Waals surface area contributed by atoms with E-state index in [-0.39, 0.29) is 5.91 Å². The second-order valence-electron chi connectivity index (χ2n) is 8.20. The maximum Gasteiger partial charge on any atom is 0.406 e. The SMILES string of the molecule is COC(=O)NCCCn1cc(CN(C(=O)[C@H]2CNCCO2)C2CC2)c2ccc(C)nc21. The molecule has 1 aliphatic carbocycles. The van der Waals surface area contributed by atoms with Gasteiger partial charge in [0.25, 0.3) is 5.91 Å². The molecule has 1 atom stereocenters. The number of fused-ring (bicyclic) bond motifs is 1. The lowest BCUT2D eigenvalue weighted by molar-refractivity contribution is -0.146. The fourth-order valence-corrected chi connectivity index (χ4v) is 4.01. The molecule has 1 saturated carbocycles. The van der Waals surface area contributed by atoms with Gasteiger partial charge in [0.05, 0.1) is 13.7 Å². The highest BCUT2D eigenvalue weighted by molar-refractivity contribution is 5.84. The highest BCUT2D eigenvalue weighted by atomic mass is 16.5. The molecule has 0 bridgehead atoms. The van der Waals surface area contributed by atoms with E-state index in [1.54, 1.807) is 0 Å². The Bertz CT molecular complexity index is 933. The van der Waals surface area contributed by atoms with E-state index in [0.717, 1.165) is 48.1 Å². The third-order valence-corrected chi connectivity index (χ3v) is 5.79. The molecule has 2 fully saturated rings. The number of rotatable bonds is 8. The summed E-state index contributed by atoms with van der Waals surface area (Å²) in [6.07, 6.45) is 4.10.